The van der Waals surface area contributed by atoms with Gasteiger partial charge in [-0.15, -0.1) is 0 Å². The lowest BCUT2D eigenvalue weighted by Gasteiger charge is -2.29. The standard InChI is InChI=1S/C17H27N3/c1-13(2)20-10-6-7-16(20)15-12-18-17(11-14(15)3)19-8-4-5-9-19/h11-13,16H,4-10H2,1-3H3/t16-/m0/s1. The van der Waals surface area contributed by atoms with E-state index >= 15 is 0 Å². The topological polar surface area (TPSA) is 19.4 Å². The molecule has 2 fully saturated rings. The van der Waals surface area contributed by atoms with E-state index in [1.165, 1.54) is 62.3 Å². The van der Waals surface area contributed by atoms with Crippen LogP contribution in [0.15, 0.2) is 12.3 Å². The van der Waals surface area contributed by atoms with Crippen LogP contribution in [0.4, 0.5) is 5.82 Å². The van der Waals surface area contributed by atoms with E-state index in [1.807, 2.05) is 0 Å². The molecule has 0 aliphatic carbocycles. The molecule has 0 aromatic carbocycles. The van der Waals surface area contributed by atoms with Gasteiger partial charge in [0.25, 0.3) is 0 Å². The van der Waals surface area contributed by atoms with Gasteiger partial charge >= 0.3 is 0 Å². The second-order valence-electron chi connectivity index (χ2n) is 6.58. The summed E-state index contributed by atoms with van der Waals surface area (Å²) in [5.74, 6) is 1.18. The Kier molecular flexibility index (Phi) is 3.97. The number of pyridine rings is 1. The average molecular weight is 273 g/mol. The quantitative estimate of drug-likeness (QED) is 0.840. The molecule has 2 saturated heterocycles. The van der Waals surface area contributed by atoms with E-state index in [0.717, 1.165) is 0 Å². The summed E-state index contributed by atoms with van der Waals surface area (Å²) < 4.78 is 0. The van der Waals surface area contributed by atoms with Crippen molar-refractivity contribution in [1.29, 1.82) is 0 Å². The number of hydrogen-bond donors (Lipinski definition) is 0. The molecule has 1 aromatic rings. The highest BCUT2D eigenvalue weighted by atomic mass is 15.2. The smallest absolute Gasteiger partial charge is 0.128 e. The number of likely N-dealkylation sites (tertiary alicyclic amines) is 1. The summed E-state index contributed by atoms with van der Waals surface area (Å²) >= 11 is 0. The maximum atomic E-state index is 4.76. The highest BCUT2D eigenvalue weighted by molar-refractivity contribution is 5.45. The zero-order valence-corrected chi connectivity index (χ0v) is 13.1. The second kappa shape index (κ2) is 5.72. The number of rotatable bonds is 3. The Bertz CT molecular complexity index is 463. The summed E-state index contributed by atoms with van der Waals surface area (Å²) in [5.41, 5.74) is 2.86. The largest absolute Gasteiger partial charge is 0.357 e. The van der Waals surface area contributed by atoms with Gasteiger partial charge in [-0.2, -0.15) is 0 Å². The third-order valence-electron chi connectivity index (χ3n) is 4.88. The minimum absolute atomic E-state index is 0.579. The van der Waals surface area contributed by atoms with E-state index in [2.05, 4.69) is 42.8 Å². The lowest BCUT2D eigenvalue weighted by Crippen LogP contribution is -2.30. The van der Waals surface area contributed by atoms with E-state index < -0.39 is 0 Å². The lowest BCUT2D eigenvalue weighted by atomic mass is 10.0. The van der Waals surface area contributed by atoms with Gasteiger partial charge in [-0.3, -0.25) is 4.90 Å². The number of hydrogen-bond acceptors (Lipinski definition) is 3. The maximum absolute atomic E-state index is 4.76. The van der Waals surface area contributed by atoms with Gasteiger partial charge in [0, 0.05) is 31.4 Å². The second-order valence-corrected chi connectivity index (χ2v) is 6.58. The fourth-order valence-corrected chi connectivity index (χ4v) is 3.76. The molecule has 20 heavy (non-hydrogen) atoms. The Labute approximate surface area is 123 Å². The third-order valence-corrected chi connectivity index (χ3v) is 4.88. The van der Waals surface area contributed by atoms with Crippen LogP contribution in [-0.4, -0.2) is 35.6 Å². The molecule has 0 saturated carbocycles. The molecule has 0 bridgehead atoms. The molecule has 0 amide bonds. The van der Waals surface area contributed by atoms with E-state index in [1.54, 1.807) is 0 Å². The number of anilines is 1. The molecule has 110 valence electrons. The van der Waals surface area contributed by atoms with Crippen LogP contribution in [0.3, 0.4) is 0 Å². The van der Waals surface area contributed by atoms with Crippen LogP contribution in [-0.2, 0) is 0 Å². The van der Waals surface area contributed by atoms with Crippen molar-refractivity contribution in [3.63, 3.8) is 0 Å². The molecule has 2 aliphatic rings. The van der Waals surface area contributed by atoms with Crippen molar-refractivity contribution in [3.8, 4) is 0 Å². The van der Waals surface area contributed by atoms with Crippen molar-refractivity contribution in [2.45, 2.75) is 58.5 Å². The zero-order chi connectivity index (χ0) is 14.1. The molecule has 0 N–H and O–H groups in total. The first kappa shape index (κ1) is 13.9. The summed E-state index contributed by atoms with van der Waals surface area (Å²) in [5, 5.41) is 0. The van der Waals surface area contributed by atoms with Gasteiger partial charge in [-0.25, -0.2) is 4.98 Å². The van der Waals surface area contributed by atoms with Crippen LogP contribution in [0, 0.1) is 6.92 Å². The van der Waals surface area contributed by atoms with Crippen LogP contribution in [0.5, 0.6) is 0 Å². The Morgan fingerprint density at radius 1 is 1.15 bits per heavy atom. The molecule has 3 heterocycles. The Morgan fingerprint density at radius 3 is 2.55 bits per heavy atom. The van der Waals surface area contributed by atoms with Gasteiger partial charge in [-0.05, 0) is 70.2 Å². The van der Waals surface area contributed by atoms with Gasteiger partial charge in [0.05, 0.1) is 0 Å². The van der Waals surface area contributed by atoms with Crippen molar-refractivity contribution in [1.82, 2.24) is 9.88 Å². The SMILES string of the molecule is Cc1cc(N2CCCC2)ncc1[C@@H]1CCCN1C(C)C. The van der Waals surface area contributed by atoms with Crippen molar-refractivity contribution in [3.05, 3.63) is 23.4 Å². The molecule has 2 aliphatic heterocycles. The molecule has 0 unspecified atom stereocenters. The maximum Gasteiger partial charge on any atom is 0.128 e. The third kappa shape index (κ3) is 2.56. The van der Waals surface area contributed by atoms with Crippen molar-refractivity contribution >= 4 is 5.82 Å². The van der Waals surface area contributed by atoms with E-state index in [0.29, 0.717) is 12.1 Å². The van der Waals surface area contributed by atoms with Crippen LogP contribution in [0.1, 0.15) is 56.7 Å². The van der Waals surface area contributed by atoms with Crippen molar-refractivity contribution in [2.24, 2.45) is 0 Å². The molecule has 3 nitrogen and oxygen atoms in total. The predicted molar refractivity (Wildman–Crippen MR) is 84.2 cm³/mol. The minimum Gasteiger partial charge on any atom is -0.357 e. The highest BCUT2D eigenvalue weighted by Gasteiger charge is 2.29. The Morgan fingerprint density at radius 2 is 1.90 bits per heavy atom. The predicted octanol–water partition coefficient (Wildman–Crippen LogP) is 3.54. The Balaban J connectivity index is 1.83. The summed E-state index contributed by atoms with van der Waals surface area (Å²) in [7, 11) is 0. The zero-order valence-electron chi connectivity index (χ0n) is 13.1. The van der Waals surface area contributed by atoms with Crippen molar-refractivity contribution < 1.29 is 0 Å². The van der Waals surface area contributed by atoms with Crippen LogP contribution < -0.4 is 4.90 Å². The monoisotopic (exact) mass is 273 g/mol. The average Bonchev–Trinajstić information content (AvgIpc) is 3.10. The van der Waals surface area contributed by atoms with Gasteiger partial charge in [0.15, 0.2) is 0 Å². The summed E-state index contributed by atoms with van der Waals surface area (Å²) in [6.45, 7) is 10.4. The minimum atomic E-state index is 0.579. The fourth-order valence-electron chi connectivity index (χ4n) is 3.76. The Hall–Kier alpha value is -1.09. The van der Waals surface area contributed by atoms with Crippen LogP contribution in [0.25, 0.3) is 0 Å². The molecule has 0 spiro atoms. The molecule has 3 rings (SSSR count). The van der Waals surface area contributed by atoms with Crippen LogP contribution >= 0.6 is 0 Å². The van der Waals surface area contributed by atoms with E-state index in [9.17, 15) is 0 Å². The fraction of sp³-hybridized carbons (Fsp3) is 0.706. The summed E-state index contributed by atoms with van der Waals surface area (Å²) in [6.07, 6.45) is 7.37. The number of aryl methyl sites for hydroxylation is 1. The summed E-state index contributed by atoms with van der Waals surface area (Å²) in [4.78, 5) is 9.81. The molecule has 1 atom stereocenters. The van der Waals surface area contributed by atoms with Gasteiger partial charge in [0.1, 0.15) is 5.82 Å². The normalized spacial score (nSPS) is 24.0. The van der Waals surface area contributed by atoms with Gasteiger partial charge in [-0.1, -0.05) is 0 Å². The number of aromatic nitrogens is 1. The summed E-state index contributed by atoms with van der Waals surface area (Å²) in [6, 6.07) is 3.51. The van der Waals surface area contributed by atoms with E-state index in [4.69, 9.17) is 4.98 Å². The van der Waals surface area contributed by atoms with Gasteiger partial charge < -0.3 is 4.90 Å². The van der Waals surface area contributed by atoms with Crippen molar-refractivity contribution in [2.75, 3.05) is 24.5 Å². The first-order valence-corrected chi connectivity index (χ1v) is 8.14. The van der Waals surface area contributed by atoms with Crippen LogP contribution in [0.2, 0.25) is 0 Å². The highest BCUT2D eigenvalue weighted by Crippen LogP contribution is 2.35. The molecule has 3 heteroatoms. The first-order chi connectivity index (χ1) is 9.66. The first-order valence-electron chi connectivity index (χ1n) is 8.14. The van der Waals surface area contributed by atoms with E-state index in [-0.39, 0.29) is 0 Å². The molecular weight excluding hydrogens is 246 g/mol. The molecular formula is C17H27N3. The van der Waals surface area contributed by atoms with Gasteiger partial charge in [0.2, 0.25) is 0 Å². The number of nitrogens with zero attached hydrogens (tertiary/aromatic N) is 3. The molecule has 1 aromatic heterocycles. The molecule has 0 radical (unpaired) electrons. The lowest BCUT2D eigenvalue weighted by molar-refractivity contribution is 0.205.